The van der Waals surface area contributed by atoms with Gasteiger partial charge >= 0.3 is 5.97 Å². The molecule has 0 amide bonds. The van der Waals surface area contributed by atoms with Crippen molar-refractivity contribution in [1.82, 2.24) is 0 Å². The fraction of sp³-hybridized carbons (Fsp3) is 0.632. The highest BCUT2D eigenvalue weighted by Gasteiger charge is 2.53. The second-order valence-corrected chi connectivity index (χ2v) is 8.21. The molecule has 0 radical (unpaired) electrons. The summed E-state index contributed by atoms with van der Waals surface area (Å²) in [5.41, 5.74) is 2.28. The zero-order valence-electron chi connectivity index (χ0n) is 14.7. The van der Waals surface area contributed by atoms with E-state index in [4.69, 9.17) is 9.15 Å². The van der Waals surface area contributed by atoms with Crippen molar-refractivity contribution >= 4 is 17.7 Å². The third kappa shape index (κ3) is 2.93. The van der Waals surface area contributed by atoms with E-state index in [2.05, 4.69) is 13.8 Å². The van der Waals surface area contributed by atoms with Gasteiger partial charge in [-0.05, 0) is 60.3 Å². The summed E-state index contributed by atoms with van der Waals surface area (Å²) in [6.45, 7) is 6.50. The standard InChI is InChI=1S/C19H26O4S/c1-11-10-22-18-14(11)9-19(3)12(2)7-13(8-15(19)17(18)21)23-16(20)5-6-24-4/h5-6,10,12-13,15,17,21H,7-9H2,1-4H3/b6-5-/t12-,13+,15+,17+,19+/m0/s1. The van der Waals surface area contributed by atoms with Crippen molar-refractivity contribution < 1.29 is 19.1 Å². The van der Waals surface area contributed by atoms with Crippen LogP contribution in [0.15, 0.2) is 22.2 Å². The van der Waals surface area contributed by atoms with Crippen LogP contribution in [0.5, 0.6) is 0 Å². The second-order valence-electron chi connectivity index (χ2n) is 7.47. The molecule has 132 valence electrons. The molecular weight excluding hydrogens is 324 g/mol. The van der Waals surface area contributed by atoms with Gasteiger partial charge in [0.1, 0.15) is 18.0 Å². The number of hydrogen-bond donors (Lipinski definition) is 1. The third-order valence-corrected chi connectivity index (χ3v) is 6.48. The van der Waals surface area contributed by atoms with Gasteiger partial charge in [0.05, 0.1) is 6.26 Å². The number of fused-ring (bicyclic) bond motifs is 2. The van der Waals surface area contributed by atoms with E-state index in [1.165, 1.54) is 17.8 Å². The van der Waals surface area contributed by atoms with Gasteiger partial charge in [0.15, 0.2) is 0 Å². The lowest BCUT2D eigenvalue weighted by molar-refractivity contribution is -0.155. The van der Waals surface area contributed by atoms with Gasteiger partial charge in [0.25, 0.3) is 0 Å². The molecule has 0 spiro atoms. The van der Waals surface area contributed by atoms with Crippen molar-refractivity contribution in [2.45, 2.75) is 52.2 Å². The number of hydrogen-bond acceptors (Lipinski definition) is 5. The number of carbonyl (C=O) groups is 1. The number of thioether (sulfide) groups is 1. The predicted molar refractivity (Wildman–Crippen MR) is 94.6 cm³/mol. The van der Waals surface area contributed by atoms with Crippen molar-refractivity contribution in [3.63, 3.8) is 0 Å². The second kappa shape index (κ2) is 6.60. The lowest BCUT2D eigenvalue weighted by Crippen LogP contribution is -2.49. The smallest absolute Gasteiger partial charge is 0.331 e. The van der Waals surface area contributed by atoms with Crippen LogP contribution in [0.1, 0.15) is 49.7 Å². The monoisotopic (exact) mass is 350 g/mol. The van der Waals surface area contributed by atoms with Gasteiger partial charge in [-0.25, -0.2) is 4.79 Å². The van der Waals surface area contributed by atoms with E-state index in [9.17, 15) is 9.90 Å². The average Bonchev–Trinajstić information content (AvgIpc) is 2.89. The van der Waals surface area contributed by atoms with Gasteiger partial charge in [0, 0.05) is 12.0 Å². The Morgan fingerprint density at radius 1 is 1.50 bits per heavy atom. The molecule has 0 aliphatic heterocycles. The molecule has 0 aromatic carbocycles. The average molecular weight is 350 g/mol. The molecule has 2 aliphatic carbocycles. The Morgan fingerprint density at radius 3 is 2.96 bits per heavy atom. The highest BCUT2D eigenvalue weighted by Crippen LogP contribution is 2.56. The number of rotatable bonds is 3. The summed E-state index contributed by atoms with van der Waals surface area (Å²) >= 11 is 1.47. The molecule has 5 atom stereocenters. The molecule has 1 N–H and O–H groups in total. The van der Waals surface area contributed by atoms with Crippen LogP contribution < -0.4 is 0 Å². The molecule has 24 heavy (non-hydrogen) atoms. The topological polar surface area (TPSA) is 59.7 Å². The summed E-state index contributed by atoms with van der Waals surface area (Å²) < 4.78 is 11.2. The Morgan fingerprint density at radius 2 is 2.25 bits per heavy atom. The molecule has 1 aromatic rings. The molecule has 2 aliphatic rings. The van der Waals surface area contributed by atoms with E-state index in [0.29, 0.717) is 18.1 Å². The fourth-order valence-electron chi connectivity index (χ4n) is 4.42. The van der Waals surface area contributed by atoms with Gasteiger partial charge in [-0.2, -0.15) is 0 Å². The Hall–Kier alpha value is -1.20. The molecule has 4 nitrogen and oxygen atoms in total. The first-order valence-electron chi connectivity index (χ1n) is 8.51. The number of furan rings is 1. The molecule has 1 aromatic heterocycles. The number of aryl methyl sites for hydroxylation is 1. The first kappa shape index (κ1) is 17.6. The van der Waals surface area contributed by atoms with Crippen LogP contribution >= 0.6 is 11.8 Å². The zero-order chi connectivity index (χ0) is 17.5. The van der Waals surface area contributed by atoms with Gasteiger partial charge in [-0.1, -0.05) is 13.8 Å². The molecule has 1 saturated carbocycles. The summed E-state index contributed by atoms with van der Waals surface area (Å²) in [5.74, 6) is 0.804. The number of aliphatic hydroxyl groups excluding tert-OH is 1. The number of aliphatic hydroxyl groups is 1. The van der Waals surface area contributed by atoms with Crippen LogP contribution in [0.2, 0.25) is 0 Å². The van der Waals surface area contributed by atoms with Crippen LogP contribution in [-0.2, 0) is 16.0 Å². The first-order chi connectivity index (χ1) is 11.4. The number of carbonyl (C=O) groups excluding carboxylic acids is 1. The molecule has 3 rings (SSSR count). The summed E-state index contributed by atoms with van der Waals surface area (Å²) in [4.78, 5) is 11.9. The largest absolute Gasteiger partial charge is 0.466 e. The summed E-state index contributed by atoms with van der Waals surface area (Å²) in [5, 5.41) is 12.6. The maximum atomic E-state index is 11.9. The van der Waals surface area contributed by atoms with Crippen molar-refractivity contribution in [3.8, 4) is 0 Å². The molecule has 0 unspecified atom stereocenters. The molecule has 0 saturated heterocycles. The van der Waals surface area contributed by atoms with Crippen LogP contribution in [0.25, 0.3) is 0 Å². The van der Waals surface area contributed by atoms with Crippen LogP contribution in [0.4, 0.5) is 0 Å². The van der Waals surface area contributed by atoms with Crippen molar-refractivity contribution in [2.75, 3.05) is 6.26 Å². The van der Waals surface area contributed by atoms with E-state index >= 15 is 0 Å². The normalized spacial score (nSPS) is 35.5. The van der Waals surface area contributed by atoms with E-state index in [1.807, 2.05) is 13.2 Å². The van der Waals surface area contributed by atoms with Crippen molar-refractivity contribution in [2.24, 2.45) is 17.3 Å². The minimum atomic E-state index is -0.627. The Kier molecular flexibility index (Phi) is 4.85. The molecule has 5 heteroatoms. The number of esters is 1. The Bertz CT molecular complexity index is 650. The molecular formula is C19H26O4S. The van der Waals surface area contributed by atoms with Gasteiger partial charge in [0.2, 0.25) is 0 Å². The maximum absolute atomic E-state index is 11.9. The maximum Gasteiger partial charge on any atom is 0.331 e. The minimum absolute atomic E-state index is 0.000925. The summed E-state index contributed by atoms with van der Waals surface area (Å²) in [6.07, 6.45) is 6.77. The van der Waals surface area contributed by atoms with Gasteiger partial charge < -0.3 is 14.3 Å². The zero-order valence-corrected chi connectivity index (χ0v) is 15.6. The first-order valence-corrected chi connectivity index (χ1v) is 9.80. The van der Waals surface area contributed by atoms with Gasteiger partial charge in [-0.15, -0.1) is 11.8 Å². The minimum Gasteiger partial charge on any atom is -0.466 e. The SMILES string of the molecule is CS/C=C\C(=O)O[C@H]1C[C@@H]2[C@@H](O)c3occ(C)c3C[C@]2(C)[C@@H](C)C1. The quantitative estimate of drug-likeness (QED) is 0.659. The lowest BCUT2D eigenvalue weighted by Gasteiger charge is -2.52. The lowest BCUT2D eigenvalue weighted by atomic mass is 9.54. The third-order valence-electron chi connectivity index (χ3n) is 6.07. The van der Waals surface area contributed by atoms with Gasteiger partial charge in [-0.3, -0.25) is 0 Å². The van der Waals surface area contributed by atoms with E-state index in [1.54, 1.807) is 11.7 Å². The fourth-order valence-corrected chi connectivity index (χ4v) is 4.67. The van der Waals surface area contributed by atoms with E-state index < -0.39 is 6.10 Å². The highest BCUT2D eigenvalue weighted by molar-refractivity contribution is 8.01. The molecule has 1 heterocycles. The van der Waals surface area contributed by atoms with Crippen LogP contribution in [0.3, 0.4) is 0 Å². The van der Waals surface area contributed by atoms with E-state index in [0.717, 1.165) is 24.0 Å². The summed E-state index contributed by atoms with van der Waals surface area (Å²) in [7, 11) is 0. The van der Waals surface area contributed by atoms with Crippen molar-refractivity contribution in [1.29, 1.82) is 0 Å². The predicted octanol–water partition coefficient (Wildman–Crippen LogP) is 4.02. The molecule has 1 fully saturated rings. The highest BCUT2D eigenvalue weighted by atomic mass is 32.2. The summed E-state index contributed by atoms with van der Waals surface area (Å²) in [6, 6.07) is 0. The van der Waals surface area contributed by atoms with Crippen LogP contribution in [-0.4, -0.2) is 23.4 Å². The number of ether oxygens (including phenoxy) is 1. The Labute approximate surface area is 147 Å². The Balaban J connectivity index is 1.82. The van der Waals surface area contributed by atoms with Crippen molar-refractivity contribution in [3.05, 3.63) is 34.6 Å². The van der Waals surface area contributed by atoms with E-state index in [-0.39, 0.29) is 23.4 Å². The van der Waals surface area contributed by atoms with Crippen LogP contribution in [0, 0.1) is 24.2 Å². The molecule has 0 bridgehead atoms.